The number of aliphatic hydroxyl groups is 3. The van der Waals surface area contributed by atoms with Gasteiger partial charge in [0.2, 0.25) is 5.91 Å². The molecular formula is C66H131NO6. The highest BCUT2D eigenvalue weighted by Crippen LogP contribution is 2.19. The molecule has 0 rings (SSSR count). The lowest BCUT2D eigenvalue weighted by Gasteiger charge is -2.26. The van der Waals surface area contributed by atoms with Crippen LogP contribution in [0.25, 0.3) is 0 Å². The second-order valence-corrected chi connectivity index (χ2v) is 23.3. The number of carbonyl (C=O) groups excluding carboxylic acids is 2. The maximum Gasteiger partial charge on any atom is 0.305 e. The average molecular weight is 1030 g/mol. The van der Waals surface area contributed by atoms with Crippen molar-refractivity contribution in [1.82, 2.24) is 5.32 Å². The minimum absolute atomic E-state index is 0.0190. The van der Waals surface area contributed by atoms with Crippen molar-refractivity contribution in [2.45, 2.75) is 398 Å². The molecule has 3 unspecified atom stereocenters. The number of aliphatic hydroxyl groups excluding tert-OH is 3. The molecular weight excluding hydrogens is 903 g/mol. The summed E-state index contributed by atoms with van der Waals surface area (Å²) in [5.41, 5.74) is 0. The van der Waals surface area contributed by atoms with Gasteiger partial charge in [0.25, 0.3) is 0 Å². The van der Waals surface area contributed by atoms with E-state index in [0.29, 0.717) is 25.9 Å². The topological polar surface area (TPSA) is 116 Å². The molecule has 0 saturated heterocycles. The van der Waals surface area contributed by atoms with E-state index in [1.807, 2.05) is 0 Å². The molecule has 3 atom stereocenters. The van der Waals surface area contributed by atoms with Crippen LogP contribution in [0.5, 0.6) is 0 Å². The van der Waals surface area contributed by atoms with Gasteiger partial charge < -0.3 is 25.4 Å². The molecule has 0 fully saturated rings. The zero-order valence-corrected chi connectivity index (χ0v) is 49.5. The number of rotatable bonds is 63. The molecule has 7 nitrogen and oxygen atoms in total. The summed E-state index contributed by atoms with van der Waals surface area (Å²) in [6.07, 6.45) is 70.2. The Labute approximate surface area is 456 Å². The van der Waals surface area contributed by atoms with Gasteiger partial charge in [-0.1, -0.05) is 341 Å². The monoisotopic (exact) mass is 1030 g/mol. The molecule has 1 amide bonds. The van der Waals surface area contributed by atoms with Gasteiger partial charge in [-0.15, -0.1) is 0 Å². The van der Waals surface area contributed by atoms with Gasteiger partial charge in [-0.3, -0.25) is 9.59 Å². The number of nitrogens with one attached hydrogen (secondary N) is 1. The number of hydrogen-bond donors (Lipinski definition) is 4. The quantitative estimate of drug-likeness (QED) is 0.0356. The zero-order valence-electron chi connectivity index (χ0n) is 49.5. The summed E-state index contributed by atoms with van der Waals surface area (Å²) in [4.78, 5) is 24.6. The van der Waals surface area contributed by atoms with E-state index in [1.54, 1.807) is 0 Å². The van der Waals surface area contributed by atoms with Crippen molar-refractivity contribution >= 4 is 11.9 Å². The van der Waals surface area contributed by atoms with E-state index in [2.05, 4.69) is 19.2 Å². The molecule has 7 heteroatoms. The maximum absolute atomic E-state index is 12.5. The van der Waals surface area contributed by atoms with Crippen LogP contribution < -0.4 is 5.32 Å². The van der Waals surface area contributed by atoms with E-state index in [4.69, 9.17) is 4.74 Å². The summed E-state index contributed by atoms with van der Waals surface area (Å²) in [5, 5.41) is 33.7. The molecule has 0 radical (unpaired) electrons. The first-order valence-electron chi connectivity index (χ1n) is 33.4. The molecule has 0 saturated carbocycles. The first kappa shape index (κ1) is 71.8. The molecule has 4 N–H and O–H groups in total. The molecule has 0 aromatic heterocycles. The van der Waals surface area contributed by atoms with E-state index in [1.165, 1.54) is 295 Å². The van der Waals surface area contributed by atoms with Gasteiger partial charge in [0, 0.05) is 12.8 Å². The average Bonchev–Trinajstić information content (AvgIpc) is 3.39. The third-order valence-corrected chi connectivity index (χ3v) is 16.0. The number of amides is 1. The van der Waals surface area contributed by atoms with Crippen LogP contribution in [0.1, 0.15) is 380 Å². The van der Waals surface area contributed by atoms with Crippen molar-refractivity contribution in [1.29, 1.82) is 0 Å². The third-order valence-electron chi connectivity index (χ3n) is 16.0. The standard InChI is InChI=1S/C66H131NO6/c1-3-5-7-9-11-13-15-17-31-35-39-43-47-51-55-59-65(71)73-60-56-52-48-44-40-36-33-30-28-26-24-22-20-18-19-21-23-25-27-29-32-34-38-42-46-50-54-58-64(70)67-62(61-68)66(72)63(69)57-53-49-45-41-37-16-14-12-10-8-6-4-2/h62-63,66,68-69,72H,3-61H2,1-2H3,(H,67,70). The van der Waals surface area contributed by atoms with Crippen molar-refractivity contribution in [3.05, 3.63) is 0 Å². The Balaban J connectivity index is 3.36. The van der Waals surface area contributed by atoms with Gasteiger partial charge in [-0.2, -0.15) is 0 Å². The van der Waals surface area contributed by atoms with E-state index in [0.717, 1.165) is 51.4 Å². The SMILES string of the molecule is CCCCCCCCCCCCCCCCCC(=O)OCCCCCCCCCCCCCCCCCCCCCCCCCCCCCC(=O)NC(CO)C(O)C(O)CCCCCCCCCCCCCC. The highest BCUT2D eigenvalue weighted by molar-refractivity contribution is 5.76. The second kappa shape index (κ2) is 61.7. The lowest BCUT2D eigenvalue weighted by atomic mass is 9.99. The van der Waals surface area contributed by atoms with E-state index in [9.17, 15) is 24.9 Å². The van der Waals surface area contributed by atoms with Crippen molar-refractivity contribution in [3.63, 3.8) is 0 Å². The number of unbranched alkanes of at least 4 members (excludes halogenated alkanes) is 51. The fraction of sp³-hybridized carbons (Fsp3) is 0.970. The molecule has 436 valence electrons. The zero-order chi connectivity index (χ0) is 53.0. The first-order chi connectivity index (χ1) is 36.0. The van der Waals surface area contributed by atoms with Gasteiger partial charge >= 0.3 is 5.97 Å². The Kier molecular flexibility index (Phi) is 60.7. The van der Waals surface area contributed by atoms with Crippen LogP contribution in [0, 0.1) is 0 Å². The predicted octanol–water partition coefficient (Wildman–Crippen LogP) is 20.0. The first-order valence-corrected chi connectivity index (χ1v) is 33.4. The number of hydrogen-bond acceptors (Lipinski definition) is 6. The highest BCUT2D eigenvalue weighted by Gasteiger charge is 2.27. The van der Waals surface area contributed by atoms with Gasteiger partial charge in [0.05, 0.1) is 25.4 Å². The van der Waals surface area contributed by atoms with Crippen LogP contribution in [0.3, 0.4) is 0 Å². The Morgan fingerprint density at radius 1 is 0.342 bits per heavy atom. The van der Waals surface area contributed by atoms with Crippen LogP contribution in [0.2, 0.25) is 0 Å². The largest absolute Gasteiger partial charge is 0.466 e. The molecule has 0 aromatic rings. The normalized spacial score (nSPS) is 12.9. The van der Waals surface area contributed by atoms with Gasteiger partial charge in [-0.25, -0.2) is 0 Å². The van der Waals surface area contributed by atoms with Crippen LogP contribution in [0.15, 0.2) is 0 Å². The number of esters is 1. The summed E-state index contributed by atoms with van der Waals surface area (Å²) >= 11 is 0. The maximum atomic E-state index is 12.5. The Hall–Kier alpha value is -1.18. The molecule has 0 aromatic carbocycles. The summed E-state index contributed by atoms with van der Waals surface area (Å²) in [5.74, 6) is -0.124. The van der Waals surface area contributed by atoms with E-state index >= 15 is 0 Å². The molecule has 0 aliphatic rings. The Bertz CT molecular complexity index is 1070. The lowest BCUT2D eigenvalue weighted by molar-refractivity contribution is -0.143. The summed E-state index contributed by atoms with van der Waals surface area (Å²) < 4.78 is 5.50. The summed E-state index contributed by atoms with van der Waals surface area (Å²) in [7, 11) is 0. The fourth-order valence-electron chi connectivity index (χ4n) is 10.9. The minimum Gasteiger partial charge on any atom is -0.466 e. The Morgan fingerprint density at radius 3 is 0.877 bits per heavy atom. The third kappa shape index (κ3) is 56.8. The molecule has 0 aliphatic heterocycles. The minimum atomic E-state index is -1.14. The van der Waals surface area contributed by atoms with Crippen molar-refractivity contribution in [3.8, 4) is 0 Å². The number of carbonyl (C=O) groups is 2. The van der Waals surface area contributed by atoms with Gasteiger partial charge in [-0.05, 0) is 25.7 Å². The summed E-state index contributed by atoms with van der Waals surface area (Å²) in [6.45, 7) is 4.80. The van der Waals surface area contributed by atoms with Crippen LogP contribution >= 0.6 is 0 Å². The predicted molar refractivity (Wildman–Crippen MR) is 317 cm³/mol. The van der Waals surface area contributed by atoms with Crippen molar-refractivity contribution in [2.24, 2.45) is 0 Å². The highest BCUT2D eigenvalue weighted by atomic mass is 16.5. The van der Waals surface area contributed by atoms with E-state index in [-0.39, 0.29) is 18.5 Å². The van der Waals surface area contributed by atoms with Crippen molar-refractivity contribution in [2.75, 3.05) is 13.2 Å². The van der Waals surface area contributed by atoms with E-state index < -0.39 is 18.2 Å². The van der Waals surface area contributed by atoms with Crippen LogP contribution in [-0.4, -0.2) is 58.7 Å². The molecule has 0 aliphatic carbocycles. The molecule has 73 heavy (non-hydrogen) atoms. The van der Waals surface area contributed by atoms with Gasteiger partial charge in [0.15, 0.2) is 0 Å². The summed E-state index contributed by atoms with van der Waals surface area (Å²) in [6, 6.07) is -0.810. The molecule has 0 spiro atoms. The lowest BCUT2D eigenvalue weighted by Crippen LogP contribution is -2.50. The molecule has 0 bridgehead atoms. The Morgan fingerprint density at radius 2 is 0.589 bits per heavy atom. The van der Waals surface area contributed by atoms with Crippen LogP contribution in [-0.2, 0) is 14.3 Å². The number of ether oxygens (including phenoxy) is 1. The van der Waals surface area contributed by atoms with Crippen molar-refractivity contribution < 1.29 is 29.6 Å². The smallest absolute Gasteiger partial charge is 0.305 e. The fourth-order valence-corrected chi connectivity index (χ4v) is 10.9. The van der Waals surface area contributed by atoms with Crippen LogP contribution in [0.4, 0.5) is 0 Å². The second-order valence-electron chi connectivity index (χ2n) is 23.3. The molecule has 0 heterocycles. The van der Waals surface area contributed by atoms with Gasteiger partial charge in [0.1, 0.15) is 6.10 Å².